The van der Waals surface area contributed by atoms with Crippen LogP contribution >= 0.6 is 23.1 Å². The number of aromatic nitrogens is 1. The lowest BCUT2D eigenvalue weighted by molar-refractivity contribution is 0.102. The smallest absolute Gasteiger partial charge is 0.173 e. The third kappa shape index (κ3) is 4.29. The Labute approximate surface area is 177 Å². The van der Waals surface area contributed by atoms with Gasteiger partial charge in [0.25, 0.3) is 0 Å². The number of ketones is 1. The van der Waals surface area contributed by atoms with E-state index in [0.717, 1.165) is 21.7 Å². The van der Waals surface area contributed by atoms with Gasteiger partial charge in [0, 0.05) is 21.6 Å². The minimum Gasteiger partial charge on any atom is -0.293 e. The Morgan fingerprint density at radius 3 is 2.38 bits per heavy atom. The monoisotopic (exact) mass is 412 g/mol. The van der Waals surface area contributed by atoms with E-state index in [1.165, 1.54) is 11.8 Å². The summed E-state index contributed by atoms with van der Waals surface area (Å²) in [6.07, 6.45) is 0. The van der Waals surface area contributed by atoms with E-state index < -0.39 is 0 Å². The molecule has 0 saturated carbocycles. The van der Waals surface area contributed by atoms with Crippen LogP contribution < -0.4 is 0 Å². The summed E-state index contributed by atoms with van der Waals surface area (Å²) in [4.78, 5) is 18.3. The minimum atomic E-state index is 0.0177. The van der Waals surface area contributed by atoms with E-state index in [9.17, 15) is 10.1 Å². The highest BCUT2D eigenvalue weighted by molar-refractivity contribution is 8.00. The summed E-state index contributed by atoms with van der Waals surface area (Å²) in [7, 11) is 0. The van der Waals surface area contributed by atoms with Crippen molar-refractivity contribution in [3.05, 3.63) is 95.4 Å². The topological polar surface area (TPSA) is 53.8 Å². The quantitative estimate of drug-likeness (QED) is 0.274. The second kappa shape index (κ2) is 8.87. The van der Waals surface area contributed by atoms with Crippen molar-refractivity contribution in [2.75, 3.05) is 5.75 Å². The zero-order valence-electron chi connectivity index (χ0n) is 15.4. The molecule has 0 N–H and O–H groups in total. The number of carbonyl (C=O) groups is 1. The molecule has 0 aliphatic rings. The van der Waals surface area contributed by atoms with Crippen LogP contribution in [0.4, 0.5) is 0 Å². The predicted octanol–water partition coefficient (Wildman–Crippen LogP) is 6.32. The first-order chi connectivity index (χ1) is 14.3. The number of thiophene rings is 1. The molecular formula is C24H16N2OS2. The number of rotatable bonds is 6. The molecule has 0 radical (unpaired) electrons. The second-order valence-electron chi connectivity index (χ2n) is 6.27. The van der Waals surface area contributed by atoms with Crippen LogP contribution in [0, 0.1) is 11.3 Å². The van der Waals surface area contributed by atoms with Crippen LogP contribution in [0.2, 0.25) is 0 Å². The van der Waals surface area contributed by atoms with Crippen LogP contribution in [0.15, 0.2) is 89.3 Å². The van der Waals surface area contributed by atoms with Gasteiger partial charge in [0.2, 0.25) is 0 Å². The fraction of sp³-hybridized carbons (Fsp3) is 0.0417. The standard InChI is InChI=1S/C24H16N2OS2/c25-15-20-19(23-12-7-13-28-23)14-21(17-8-3-1-4-9-17)26-24(20)29-16-22(27)18-10-5-2-6-11-18/h1-14H,16H2. The zero-order valence-corrected chi connectivity index (χ0v) is 17.0. The van der Waals surface area contributed by atoms with Crippen molar-refractivity contribution >= 4 is 28.9 Å². The van der Waals surface area contributed by atoms with Crippen molar-refractivity contribution in [1.29, 1.82) is 5.26 Å². The summed E-state index contributed by atoms with van der Waals surface area (Å²) in [6.45, 7) is 0. The van der Waals surface area contributed by atoms with E-state index in [1.807, 2.05) is 72.1 Å². The number of pyridine rings is 1. The number of Topliss-reactive ketones (excluding diaryl/α,β-unsaturated/α-hetero) is 1. The first-order valence-corrected chi connectivity index (χ1v) is 10.9. The fourth-order valence-electron chi connectivity index (χ4n) is 2.96. The van der Waals surface area contributed by atoms with Gasteiger partial charge in [-0.1, -0.05) is 78.5 Å². The number of nitriles is 1. The molecule has 2 aromatic carbocycles. The molecule has 29 heavy (non-hydrogen) atoms. The molecule has 0 spiro atoms. The van der Waals surface area contributed by atoms with Crippen molar-refractivity contribution in [3.63, 3.8) is 0 Å². The molecule has 4 rings (SSSR count). The van der Waals surface area contributed by atoms with Gasteiger partial charge in [-0.05, 0) is 17.5 Å². The fourth-order valence-corrected chi connectivity index (χ4v) is 4.60. The van der Waals surface area contributed by atoms with E-state index in [0.29, 0.717) is 16.2 Å². The van der Waals surface area contributed by atoms with Crippen LogP contribution in [0.1, 0.15) is 15.9 Å². The lowest BCUT2D eigenvalue weighted by Gasteiger charge is -2.11. The first-order valence-electron chi connectivity index (χ1n) is 9.02. The lowest BCUT2D eigenvalue weighted by Crippen LogP contribution is -2.03. The molecule has 0 atom stereocenters. The molecule has 0 saturated heterocycles. The average molecular weight is 413 g/mol. The Kier molecular flexibility index (Phi) is 5.85. The van der Waals surface area contributed by atoms with Crippen LogP contribution in [0.25, 0.3) is 21.7 Å². The molecule has 2 aromatic heterocycles. The van der Waals surface area contributed by atoms with Gasteiger partial charge in [-0.3, -0.25) is 4.79 Å². The molecule has 0 bridgehead atoms. The van der Waals surface area contributed by atoms with Gasteiger partial charge in [-0.15, -0.1) is 11.3 Å². The van der Waals surface area contributed by atoms with Crippen molar-refractivity contribution in [2.24, 2.45) is 0 Å². The SMILES string of the molecule is N#Cc1c(-c2cccs2)cc(-c2ccccc2)nc1SCC(=O)c1ccccc1. The summed E-state index contributed by atoms with van der Waals surface area (Å²) in [5, 5.41) is 12.4. The molecule has 0 fully saturated rings. The summed E-state index contributed by atoms with van der Waals surface area (Å²) >= 11 is 2.90. The van der Waals surface area contributed by atoms with Gasteiger partial charge in [-0.25, -0.2) is 4.98 Å². The maximum atomic E-state index is 12.6. The van der Waals surface area contributed by atoms with Gasteiger partial charge in [-0.2, -0.15) is 5.26 Å². The van der Waals surface area contributed by atoms with Gasteiger partial charge < -0.3 is 0 Å². The van der Waals surface area contributed by atoms with E-state index in [2.05, 4.69) is 6.07 Å². The highest BCUT2D eigenvalue weighted by atomic mass is 32.2. The molecule has 5 heteroatoms. The molecular weight excluding hydrogens is 396 g/mol. The van der Waals surface area contributed by atoms with Gasteiger partial charge in [0.1, 0.15) is 11.1 Å². The van der Waals surface area contributed by atoms with Gasteiger partial charge in [0.15, 0.2) is 5.78 Å². The number of benzene rings is 2. The number of nitrogens with zero attached hydrogens (tertiary/aromatic N) is 2. The van der Waals surface area contributed by atoms with Crippen LogP contribution in [0.3, 0.4) is 0 Å². The van der Waals surface area contributed by atoms with E-state index >= 15 is 0 Å². The number of hydrogen-bond donors (Lipinski definition) is 0. The Bertz CT molecular complexity index is 1160. The van der Waals surface area contributed by atoms with Crippen molar-refractivity contribution in [3.8, 4) is 27.8 Å². The molecule has 0 aliphatic carbocycles. The van der Waals surface area contributed by atoms with Crippen molar-refractivity contribution in [2.45, 2.75) is 5.03 Å². The summed E-state index contributed by atoms with van der Waals surface area (Å²) in [5.41, 5.74) is 3.80. The van der Waals surface area contributed by atoms with Crippen molar-refractivity contribution < 1.29 is 4.79 Å². The van der Waals surface area contributed by atoms with Crippen molar-refractivity contribution in [1.82, 2.24) is 4.98 Å². The largest absolute Gasteiger partial charge is 0.293 e. The van der Waals surface area contributed by atoms with Gasteiger partial charge in [0.05, 0.1) is 17.0 Å². The molecule has 4 aromatic rings. The van der Waals surface area contributed by atoms with E-state index in [-0.39, 0.29) is 11.5 Å². The number of carbonyl (C=O) groups excluding carboxylic acids is 1. The van der Waals surface area contributed by atoms with Crippen LogP contribution in [0.5, 0.6) is 0 Å². The Balaban J connectivity index is 1.74. The first kappa shape index (κ1) is 19.1. The Morgan fingerprint density at radius 1 is 1.00 bits per heavy atom. The number of thioether (sulfide) groups is 1. The lowest BCUT2D eigenvalue weighted by atomic mass is 10.0. The van der Waals surface area contributed by atoms with Gasteiger partial charge >= 0.3 is 0 Å². The third-order valence-electron chi connectivity index (χ3n) is 4.39. The molecule has 3 nitrogen and oxygen atoms in total. The maximum absolute atomic E-state index is 12.6. The normalized spacial score (nSPS) is 10.4. The van der Waals surface area contributed by atoms with E-state index in [1.54, 1.807) is 23.5 Å². The third-order valence-corrected chi connectivity index (χ3v) is 6.27. The number of hydrogen-bond acceptors (Lipinski definition) is 5. The summed E-state index contributed by atoms with van der Waals surface area (Å²) in [5.74, 6) is 0.248. The average Bonchev–Trinajstić information content (AvgIpc) is 3.33. The Hall–Kier alpha value is -3.20. The summed E-state index contributed by atoms with van der Waals surface area (Å²) in [6, 6.07) is 27.3. The molecule has 0 aliphatic heterocycles. The summed E-state index contributed by atoms with van der Waals surface area (Å²) < 4.78 is 0. The molecule has 0 unspecified atom stereocenters. The zero-order chi connectivity index (χ0) is 20.1. The van der Waals surface area contributed by atoms with Crippen LogP contribution in [-0.4, -0.2) is 16.5 Å². The maximum Gasteiger partial charge on any atom is 0.173 e. The highest BCUT2D eigenvalue weighted by Gasteiger charge is 2.17. The Morgan fingerprint density at radius 2 is 1.72 bits per heavy atom. The predicted molar refractivity (Wildman–Crippen MR) is 119 cm³/mol. The van der Waals surface area contributed by atoms with Crippen LogP contribution in [-0.2, 0) is 0 Å². The van der Waals surface area contributed by atoms with E-state index in [4.69, 9.17) is 4.98 Å². The molecule has 2 heterocycles. The molecule has 140 valence electrons. The second-order valence-corrected chi connectivity index (χ2v) is 8.18. The molecule has 0 amide bonds. The minimum absolute atomic E-state index is 0.0177. The highest BCUT2D eigenvalue weighted by Crippen LogP contribution is 2.36.